The molecule has 0 radical (unpaired) electrons. The predicted molar refractivity (Wildman–Crippen MR) is 120 cm³/mol. The van der Waals surface area contributed by atoms with Gasteiger partial charge < -0.3 is 15.0 Å². The average molecular weight is 420 g/mol. The fourth-order valence-corrected chi connectivity index (χ4v) is 5.76. The molecule has 0 bridgehead atoms. The number of rotatable bonds is 3. The van der Waals surface area contributed by atoms with Gasteiger partial charge in [0.05, 0.1) is 12.1 Å². The van der Waals surface area contributed by atoms with Crippen LogP contribution in [0.25, 0.3) is 0 Å². The molecule has 3 atom stereocenters. The van der Waals surface area contributed by atoms with Crippen LogP contribution in [0.4, 0.5) is 4.39 Å². The molecule has 0 spiro atoms. The van der Waals surface area contributed by atoms with Crippen molar-refractivity contribution in [3.05, 3.63) is 70.5 Å². The third-order valence-corrected chi connectivity index (χ3v) is 7.72. The SMILES string of the molecule is Fc1ccc([C@H]2c3ccccc3CCN2C2=NC(C3CCNC3)CO2)c(C2CCC2)c1. The minimum atomic E-state index is -0.135. The van der Waals surface area contributed by atoms with Crippen LogP contribution in [0.15, 0.2) is 47.5 Å². The summed E-state index contributed by atoms with van der Waals surface area (Å²) in [4.78, 5) is 7.42. The van der Waals surface area contributed by atoms with Crippen LogP contribution in [0.1, 0.15) is 59.9 Å². The molecule has 1 saturated carbocycles. The Labute approximate surface area is 183 Å². The van der Waals surface area contributed by atoms with E-state index in [9.17, 15) is 4.39 Å². The van der Waals surface area contributed by atoms with Crippen LogP contribution < -0.4 is 5.32 Å². The molecule has 3 aliphatic heterocycles. The summed E-state index contributed by atoms with van der Waals surface area (Å²) < 4.78 is 20.5. The van der Waals surface area contributed by atoms with Gasteiger partial charge in [0.15, 0.2) is 0 Å². The highest BCUT2D eigenvalue weighted by Crippen LogP contribution is 2.44. The molecule has 2 aromatic carbocycles. The molecule has 31 heavy (non-hydrogen) atoms. The monoisotopic (exact) mass is 419 g/mol. The van der Waals surface area contributed by atoms with Gasteiger partial charge in [0.2, 0.25) is 0 Å². The summed E-state index contributed by atoms with van der Waals surface area (Å²) >= 11 is 0. The first-order valence-corrected chi connectivity index (χ1v) is 11.8. The Bertz CT molecular complexity index is 996. The second-order valence-corrected chi connectivity index (χ2v) is 9.49. The van der Waals surface area contributed by atoms with E-state index in [2.05, 4.69) is 34.5 Å². The molecule has 162 valence electrons. The molecule has 2 aromatic rings. The molecular formula is C26H30FN3O. The van der Waals surface area contributed by atoms with Gasteiger partial charge in [-0.05, 0) is 78.5 Å². The quantitative estimate of drug-likeness (QED) is 0.801. The maximum absolute atomic E-state index is 14.3. The van der Waals surface area contributed by atoms with Crippen molar-refractivity contribution in [2.45, 2.75) is 50.1 Å². The number of halogens is 1. The Kier molecular flexibility index (Phi) is 4.94. The van der Waals surface area contributed by atoms with Gasteiger partial charge in [-0.3, -0.25) is 0 Å². The number of nitrogens with zero attached hydrogens (tertiary/aromatic N) is 2. The standard InChI is InChI=1S/C26H30FN3O/c27-20-8-9-22(23(14-20)17-5-3-6-17)25-21-7-2-1-4-18(21)11-13-30(25)26-29-24(16-31-26)19-10-12-28-15-19/h1-2,4,7-9,14,17,19,24-25,28H,3,5-6,10-13,15-16H2/t19?,24?,25-/m1/s1. The number of hydrogen-bond donors (Lipinski definition) is 1. The molecule has 6 rings (SSSR count). The van der Waals surface area contributed by atoms with Crippen molar-refractivity contribution in [1.82, 2.24) is 10.2 Å². The number of fused-ring (bicyclic) bond motifs is 1. The smallest absolute Gasteiger partial charge is 0.288 e. The lowest BCUT2D eigenvalue weighted by Crippen LogP contribution is -2.41. The fourth-order valence-electron chi connectivity index (χ4n) is 5.76. The summed E-state index contributed by atoms with van der Waals surface area (Å²) in [7, 11) is 0. The van der Waals surface area contributed by atoms with E-state index in [0.29, 0.717) is 18.4 Å². The summed E-state index contributed by atoms with van der Waals surface area (Å²) in [6, 6.07) is 15.2. The van der Waals surface area contributed by atoms with Crippen molar-refractivity contribution >= 4 is 6.02 Å². The lowest BCUT2D eigenvalue weighted by molar-refractivity contribution is 0.214. The van der Waals surface area contributed by atoms with Crippen molar-refractivity contribution in [2.24, 2.45) is 10.9 Å². The zero-order valence-corrected chi connectivity index (χ0v) is 17.9. The summed E-state index contributed by atoms with van der Waals surface area (Å²) in [6.07, 6.45) is 5.68. The van der Waals surface area contributed by atoms with Crippen LogP contribution in [0.3, 0.4) is 0 Å². The van der Waals surface area contributed by atoms with E-state index in [1.165, 1.54) is 35.1 Å². The Hall–Kier alpha value is -2.40. The molecule has 2 unspecified atom stereocenters. The van der Waals surface area contributed by atoms with Gasteiger partial charge in [0.1, 0.15) is 12.4 Å². The molecule has 0 aromatic heterocycles. The second kappa shape index (κ2) is 7.94. The molecule has 2 fully saturated rings. The van der Waals surface area contributed by atoms with Crippen LogP contribution in [-0.2, 0) is 11.2 Å². The maximum atomic E-state index is 14.3. The number of ether oxygens (including phenoxy) is 1. The summed E-state index contributed by atoms with van der Waals surface area (Å²) in [5.41, 5.74) is 5.07. The van der Waals surface area contributed by atoms with Crippen LogP contribution in [0.5, 0.6) is 0 Å². The van der Waals surface area contributed by atoms with Crippen LogP contribution >= 0.6 is 0 Å². The number of aliphatic imine (C=N–C) groups is 1. The van der Waals surface area contributed by atoms with E-state index in [1.807, 2.05) is 6.07 Å². The lowest BCUT2D eigenvalue weighted by atomic mass is 9.75. The minimum Gasteiger partial charge on any atom is -0.463 e. The normalized spacial score (nSPS) is 28.1. The molecule has 0 amide bonds. The maximum Gasteiger partial charge on any atom is 0.288 e. The first-order chi connectivity index (χ1) is 15.3. The number of nitrogens with one attached hydrogen (secondary N) is 1. The van der Waals surface area contributed by atoms with Gasteiger partial charge in [-0.25, -0.2) is 9.38 Å². The van der Waals surface area contributed by atoms with Crippen molar-refractivity contribution in [3.8, 4) is 0 Å². The van der Waals surface area contributed by atoms with Gasteiger partial charge in [0.25, 0.3) is 6.02 Å². The highest BCUT2D eigenvalue weighted by Gasteiger charge is 2.38. The van der Waals surface area contributed by atoms with E-state index < -0.39 is 0 Å². The molecule has 5 heteroatoms. The van der Waals surface area contributed by atoms with E-state index in [4.69, 9.17) is 9.73 Å². The highest BCUT2D eigenvalue weighted by atomic mass is 19.1. The number of amidine groups is 1. The zero-order chi connectivity index (χ0) is 20.8. The van der Waals surface area contributed by atoms with Gasteiger partial charge in [0, 0.05) is 13.1 Å². The second-order valence-electron chi connectivity index (χ2n) is 9.49. The molecule has 3 heterocycles. The van der Waals surface area contributed by atoms with E-state index in [0.717, 1.165) is 44.9 Å². The van der Waals surface area contributed by atoms with Crippen molar-refractivity contribution in [1.29, 1.82) is 0 Å². The number of hydrogen-bond acceptors (Lipinski definition) is 4. The van der Waals surface area contributed by atoms with Gasteiger partial charge in [-0.2, -0.15) is 0 Å². The highest BCUT2D eigenvalue weighted by molar-refractivity contribution is 5.77. The van der Waals surface area contributed by atoms with Crippen molar-refractivity contribution < 1.29 is 9.13 Å². The molecule has 1 saturated heterocycles. The average Bonchev–Trinajstić information content (AvgIpc) is 3.44. The zero-order valence-electron chi connectivity index (χ0n) is 17.9. The Morgan fingerprint density at radius 3 is 2.74 bits per heavy atom. The van der Waals surface area contributed by atoms with Crippen LogP contribution in [0, 0.1) is 11.7 Å². The fraction of sp³-hybridized carbons (Fsp3) is 0.500. The van der Waals surface area contributed by atoms with Crippen molar-refractivity contribution in [2.75, 3.05) is 26.2 Å². The summed E-state index contributed by atoms with van der Waals surface area (Å²) in [5, 5.41) is 3.46. The minimum absolute atomic E-state index is 0.0281. The largest absolute Gasteiger partial charge is 0.463 e. The first-order valence-electron chi connectivity index (χ1n) is 11.8. The van der Waals surface area contributed by atoms with Gasteiger partial charge in [-0.1, -0.05) is 36.8 Å². The summed E-state index contributed by atoms with van der Waals surface area (Å²) in [6.45, 7) is 3.65. The van der Waals surface area contributed by atoms with Gasteiger partial charge in [-0.15, -0.1) is 0 Å². The molecule has 1 N–H and O–H groups in total. The molecular weight excluding hydrogens is 389 g/mol. The van der Waals surface area contributed by atoms with Crippen LogP contribution in [-0.4, -0.2) is 43.2 Å². The van der Waals surface area contributed by atoms with Crippen molar-refractivity contribution in [3.63, 3.8) is 0 Å². The lowest BCUT2D eigenvalue weighted by Gasteiger charge is -2.40. The Balaban J connectivity index is 1.42. The molecule has 1 aliphatic carbocycles. The Morgan fingerprint density at radius 1 is 1.03 bits per heavy atom. The third kappa shape index (κ3) is 3.43. The Morgan fingerprint density at radius 2 is 1.94 bits per heavy atom. The van der Waals surface area contributed by atoms with Crippen LogP contribution in [0.2, 0.25) is 0 Å². The molecule has 4 aliphatic rings. The van der Waals surface area contributed by atoms with E-state index in [-0.39, 0.29) is 17.9 Å². The molecule has 4 nitrogen and oxygen atoms in total. The third-order valence-electron chi connectivity index (χ3n) is 7.72. The topological polar surface area (TPSA) is 36.9 Å². The van der Waals surface area contributed by atoms with E-state index >= 15 is 0 Å². The van der Waals surface area contributed by atoms with E-state index in [1.54, 1.807) is 12.1 Å². The summed E-state index contributed by atoms with van der Waals surface area (Å²) in [5.74, 6) is 0.888. The van der Waals surface area contributed by atoms with Gasteiger partial charge >= 0.3 is 0 Å². The predicted octanol–water partition coefficient (Wildman–Crippen LogP) is 4.41. The first kappa shape index (κ1) is 19.3. The number of benzene rings is 2.